The van der Waals surface area contributed by atoms with Crippen molar-refractivity contribution in [1.82, 2.24) is 0 Å². The highest BCUT2D eigenvalue weighted by atomic mass is 16.6. The molecule has 0 aromatic rings. The summed E-state index contributed by atoms with van der Waals surface area (Å²) in [6.07, 6.45) is 7.11. The monoisotopic (exact) mass is 258 g/mol. The molecular formula is C15H30O3. The average Bonchev–Trinajstić information content (AvgIpc) is 2.36. The number of rotatable bonds is 13. The van der Waals surface area contributed by atoms with Crippen molar-refractivity contribution >= 4 is 0 Å². The van der Waals surface area contributed by atoms with E-state index in [0.29, 0.717) is 13.2 Å². The van der Waals surface area contributed by atoms with E-state index in [4.69, 9.17) is 14.2 Å². The van der Waals surface area contributed by atoms with E-state index in [1.807, 2.05) is 20.3 Å². The molecule has 3 heteroatoms. The summed E-state index contributed by atoms with van der Waals surface area (Å²) >= 11 is 0. The smallest absolute Gasteiger partial charge is 0.0869 e. The van der Waals surface area contributed by atoms with Crippen LogP contribution in [0.4, 0.5) is 0 Å². The third-order valence-corrected chi connectivity index (χ3v) is 2.58. The molecule has 0 saturated heterocycles. The van der Waals surface area contributed by atoms with Gasteiger partial charge in [0.1, 0.15) is 0 Å². The maximum atomic E-state index is 5.68. The molecule has 3 nitrogen and oxygen atoms in total. The lowest BCUT2D eigenvalue weighted by atomic mass is 10.2. The molecule has 18 heavy (non-hydrogen) atoms. The zero-order valence-electron chi connectivity index (χ0n) is 12.5. The van der Waals surface area contributed by atoms with Crippen LogP contribution in [0.5, 0.6) is 0 Å². The quantitative estimate of drug-likeness (QED) is 0.471. The molecule has 0 fully saturated rings. The minimum Gasteiger partial charge on any atom is -0.376 e. The molecule has 0 bridgehead atoms. The average molecular weight is 258 g/mol. The predicted molar refractivity (Wildman–Crippen MR) is 75.2 cm³/mol. The molecule has 0 aliphatic heterocycles. The van der Waals surface area contributed by atoms with Gasteiger partial charge >= 0.3 is 0 Å². The highest BCUT2D eigenvalue weighted by molar-refractivity contribution is 4.67. The molecule has 0 spiro atoms. The van der Waals surface area contributed by atoms with E-state index in [-0.39, 0.29) is 12.2 Å². The maximum Gasteiger partial charge on any atom is 0.0869 e. The summed E-state index contributed by atoms with van der Waals surface area (Å²) in [6.45, 7) is 12.0. The Morgan fingerprint density at radius 3 is 2.33 bits per heavy atom. The fourth-order valence-corrected chi connectivity index (χ4v) is 1.50. The van der Waals surface area contributed by atoms with E-state index in [9.17, 15) is 0 Å². The van der Waals surface area contributed by atoms with Gasteiger partial charge in [0.25, 0.3) is 0 Å². The SMILES string of the molecule is C[CH][CH]OCC(C)OCC(C)OCCCCCC. The van der Waals surface area contributed by atoms with Gasteiger partial charge in [0.2, 0.25) is 0 Å². The molecule has 0 saturated carbocycles. The Bertz CT molecular complexity index is 162. The number of ether oxygens (including phenoxy) is 3. The van der Waals surface area contributed by atoms with Gasteiger partial charge in [-0.25, -0.2) is 0 Å². The van der Waals surface area contributed by atoms with Crippen molar-refractivity contribution in [2.75, 3.05) is 19.8 Å². The lowest BCUT2D eigenvalue weighted by Gasteiger charge is -2.17. The third-order valence-electron chi connectivity index (χ3n) is 2.58. The van der Waals surface area contributed by atoms with Gasteiger partial charge in [-0.3, -0.25) is 0 Å². The van der Waals surface area contributed by atoms with Crippen LogP contribution in [0.2, 0.25) is 0 Å². The second-order valence-corrected chi connectivity index (χ2v) is 4.69. The van der Waals surface area contributed by atoms with Gasteiger partial charge in [0, 0.05) is 6.61 Å². The second-order valence-electron chi connectivity index (χ2n) is 4.69. The largest absolute Gasteiger partial charge is 0.376 e. The first-order valence-electron chi connectivity index (χ1n) is 7.16. The first-order chi connectivity index (χ1) is 8.70. The van der Waals surface area contributed by atoms with Crippen LogP contribution in [-0.2, 0) is 14.2 Å². The summed E-state index contributed by atoms with van der Waals surface area (Å²) in [6, 6.07) is 0. The summed E-state index contributed by atoms with van der Waals surface area (Å²) < 4.78 is 16.6. The second kappa shape index (κ2) is 13.3. The molecule has 0 aromatic carbocycles. The zero-order chi connectivity index (χ0) is 13.6. The van der Waals surface area contributed by atoms with Crippen LogP contribution < -0.4 is 0 Å². The first kappa shape index (κ1) is 17.9. The Hall–Kier alpha value is -0.120. The highest BCUT2D eigenvalue weighted by Gasteiger charge is 2.07. The van der Waals surface area contributed by atoms with Crippen molar-refractivity contribution in [1.29, 1.82) is 0 Å². The normalized spacial score (nSPS) is 14.7. The van der Waals surface area contributed by atoms with Crippen LogP contribution >= 0.6 is 0 Å². The molecule has 0 aliphatic rings. The van der Waals surface area contributed by atoms with Crippen LogP contribution in [0.1, 0.15) is 53.4 Å². The summed E-state index contributed by atoms with van der Waals surface area (Å²) in [5.74, 6) is 0. The number of unbranched alkanes of at least 4 members (excludes halogenated alkanes) is 3. The van der Waals surface area contributed by atoms with E-state index in [1.54, 1.807) is 6.61 Å². The Balaban J connectivity index is 3.31. The predicted octanol–water partition coefficient (Wildman–Crippen LogP) is 3.78. The van der Waals surface area contributed by atoms with E-state index in [0.717, 1.165) is 13.0 Å². The molecule has 0 aromatic heterocycles. The summed E-state index contributed by atoms with van der Waals surface area (Å²) in [5.41, 5.74) is 0. The molecule has 0 rings (SSSR count). The van der Waals surface area contributed by atoms with E-state index in [2.05, 4.69) is 13.8 Å². The van der Waals surface area contributed by atoms with Gasteiger partial charge in [0.05, 0.1) is 32.0 Å². The molecule has 108 valence electrons. The molecule has 0 aliphatic carbocycles. The Morgan fingerprint density at radius 1 is 0.944 bits per heavy atom. The van der Waals surface area contributed by atoms with Crippen LogP contribution in [0.3, 0.4) is 0 Å². The molecule has 0 amide bonds. The van der Waals surface area contributed by atoms with Crippen molar-refractivity contribution in [2.24, 2.45) is 0 Å². The Labute approximate surface area is 113 Å². The lowest BCUT2D eigenvalue weighted by molar-refractivity contribution is -0.0502. The van der Waals surface area contributed by atoms with Gasteiger partial charge in [-0.2, -0.15) is 0 Å². The highest BCUT2D eigenvalue weighted by Crippen LogP contribution is 2.03. The fourth-order valence-electron chi connectivity index (χ4n) is 1.50. The van der Waals surface area contributed by atoms with Crippen molar-refractivity contribution in [3.05, 3.63) is 13.0 Å². The Morgan fingerprint density at radius 2 is 1.67 bits per heavy atom. The standard InChI is InChI=1S/C15H30O3/c1-5-7-8-9-11-17-15(4)13-18-14(3)12-16-10-6-2/h6,10,14-15H,5,7-9,11-13H2,1-4H3. The molecule has 0 heterocycles. The third kappa shape index (κ3) is 12.3. The summed E-state index contributed by atoms with van der Waals surface area (Å²) in [5, 5.41) is 0. The Kier molecular flexibility index (Phi) is 13.2. The van der Waals surface area contributed by atoms with E-state index >= 15 is 0 Å². The molecule has 2 atom stereocenters. The molecule has 2 unspecified atom stereocenters. The first-order valence-corrected chi connectivity index (χ1v) is 7.16. The van der Waals surface area contributed by atoms with Crippen LogP contribution in [-0.4, -0.2) is 32.0 Å². The van der Waals surface area contributed by atoms with Crippen LogP contribution in [0.25, 0.3) is 0 Å². The van der Waals surface area contributed by atoms with E-state index in [1.165, 1.54) is 19.3 Å². The van der Waals surface area contributed by atoms with Gasteiger partial charge in [0.15, 0.2) is 0 Å². The molecule has 0 N–H and O–H groups in total. The minimum absolute atomic E-state index is 0.104. The van der Waals surface area contributed by atoms with Gasteiger partial charge in [-0.05, 0) is 26.7 Å². The van der Waals surface area contributed by atoms with Crippen molar-refractivity contribution in [3.63, 3.8) is 0 Å². The summed E-state index contributed by atoms with van der Waals surface area (Å²) in [4.78, 5) is 0. The van der Waals surface area contributed by atoms with Crippen LogP contribution in [0.15, 0.2) is 0 Å². The van der Waals surface area contributed by atoms with Gasteiger partial charge in [-0.1, -0.05) is 33.1 Å². The zero-order valence-corrected chi connectivity index (χ0v) is 12.5. The van der Waals surface area contributed by atoms with Crippen molar-refractivity contribution in [2.45, 2.75) is 65.6 Å². The molecular weight excluding hydrogens is 228 g/mol. The van der Waals surface area contributed by atoms with E-state index < -0.39 is 0 Å². The van der Waals surface area contributed by atoms with Gasteiger partial charge in [-0.15, -0.1) is 0 Å². The van der Waals surface area contributed by atoms with Crippen molar-refractivity contribution < 1.29 is 14.2 Å². The number of hydrogen-bond acceptors (Lipinski definition) is 3. The van der Waals surface area contributed by atoms with Crippen LogP contribution in [0, 0.1) is 13.0 Å². The molecule has 2 radical (unpaired) electrons. The lowest BCUT2D eigenvalue weighted by Crippen LogP contribution is -2.23. The fraction of sp³-hybridized carbons (Fsp3) is 0.867. The number of hydrogen-bond donors (Lipinski definition) is 0. The summed E-state index contributed by atoms with van der Waals surface area (Å²) in [7, 11) is 0. The van der Waals surface area contributed by atoms with Gasteiger partial charge < -0.3 is 14.2 Å². The maximum absolute atomic E-state index is 5.68. The minimum atomic E-state index is 0.104. The topological polar surface area (TPSA) is 27.7 Å². The van der Waals surface area contributed by atoms with Crippen molar-refractivity contribution in [3.8, 4) is 0 Å².